The number of nitrogens with two attached hydrogens (primary N) is 2. The first-order valence-corrected chi connectivity index (χ1v) is 7.23. The first kappa shape index (κ1) is 15.6. The van der Waals surface area contributed by atoms with Crippen LogP contribution in [0.2, 0.25) is 0 Å². The molecule has 1 aromatic carbocycles. The van der Waals surface area contributed by atoms with Gasteiger partial charge in [-0.2, -0.15) is 5.26 Å². The zero-order valence-corrected chi connectivity index (χ0v) is 12.6. The Bertz CT molecular complexity index is 705. The largest absolute Gasteiger partial charge is 0.383 e. The Kier molecular flexibility index (Phi) is 4.80. The molecule has 0 fully saturated rings. The van der Waals surface area contributed by atoms with Crippen LogP contribution in [0.15, 0.2) is 35.5 Å². The summed E-state index contributed by atoms with van der Waals surface area (Å²) < 4.78 is 0. The van der Waals surface area contributed by atoms with Gasteiger partial charge in [-0.1, -0.05) is 11.8 Å². The highest BCUT2D eigenvalue weighted by Crippen LogP contribution is 2.22. The van der Waals surface area contributed by atoms with Gasteiger partial charge in [0, 0.05) is 11.8 Å². The van der Waals surface area contributed by atoms with Crippen molar-refractivity contribution in [1.29, 1.82) is 5.26 Å². The summed E-state index contributed by atoms with van der Waals surface area (Å²) in [7, 11) is 0. The molecule has 0 saturated carbocycles. The Morgan fingerprint density at radius 2 is 1.86 bits per heavy atom. The number of carbonyl (C=O) groups is 1. The minimum Gasteiger partial charge on any atom is -0.383 e. The number of anilines is 3. The van der Waals surface area contributed by atoms with Gasteiger partial charge in [0.1, 0.15) is 11.6 Å². The van der Waals surface area contributed by atoms with Gasteiger partial charge in [0.05, 0.1) is 16.9 Å². The summed E-state index contributed by atoms with van der Waals surface area (Å²) in [4.78, 5) is 20.2. The molecule has 0 saturated heterocycles. The van der Waals surface area contributed by atoms with Crippen LogP contribution in [0.3, 0.4) is 0 Å². The Morgan fingerprint density at radius 1 is 1.27 bits per heavy atom. The van der Waals surface area contributed by atoms with Crippen LogP contribution in [0.5, 0.6) is 0 Å². The number of hydrogen-bond acceptors (Lipinski definition) is 7. The number of nitrogens with one attached hydrogen (secondary N) is 1. The summed E-state index contributed by atoms with van der Waals surface area (Å²) in [6, 6.07) is 10.1. The van der Waals surface area contributed by atoms with Crippen LogP contribution in [0.4, 0.5) is 17.3 Å². The van der Waals surface area contributed by atoms with Gasteiger partial charge in [-0.25, -0.2) is 9.97 Å². The van der Waals surface area contributed by atoms with Crippen molar-refractivity contribution in [2.75, 3.05) is 16.8 Å². The molecule has 1 aromatic heterocycles. The maximum atomic E-state index is 12.1. The Balaban J connectivity index is 2.00. The predicted octanol–water partition coefficient (Wildman–Crippen LogP) is 1.63. The number of carbonyl (C=O) groups excluding carboxylic acids is 1. The molecule has 1 heterocycles. The van der Waals surface area contributed by atoms with E-state index in [0.717, 1.165) is 11.8 Å². The molecular formula is C14H14N6OS. The molecule has 0 aliphatic rings. The van der Waals surface area contributed by atoms with Crippen molar-refractivity contribution in [3.8, 4) is 6.07 Å². The molecule has 2 rings (SSSR count). The lowest BCUT2D eigenvalue weighted by Gasteiger charge is -2.11. The highest BCUT2D eigenvalue weighted by atomic mass is 32.2. The standard InChI is InChI=1S/C14H14N6OS/c1-8(22-14-19-11(16)6-12(17)20-14)13(21)18-10-4-2-9(7-15)3-5-10/h2-6,8H,1H3,(H,18,21)(H4,16,17,19,20). The molecule has 1 unspecified atom stereocenters. The average Bonchev–Trinajstić information content (AvgIpc) is 2.46. The van der Waals surface area contributed by atoms with E-state index >= 15 is 0 Å². The monoisotopic (exact) mass is 314 g/mol. The predicted molar refractivity (Wildman–Crippen MR) is 86.0 cm³/mol. The zero-order valence-electron chi connectivity index (χ0n) is 11.8. The Hall–Kier alpha value is -2.79. The van der Waals surface area contributed by atoms with Gasteiger partial charge in [-0.05, 0) is 31.2 Å². The number of aromatic nitrogens is 2. The summed E-state index contributed by atoms with van der Waals surface area (Å²) in [6.07, 6.45) is 0. The molecule has 5 N–H and O–H groups in total. The molecule has 0 bridgehead atoms. The highest BCUT2D eigenvalue weighted by molar-refractivity contribution is 8.00. The molecule has 0 spiro atoms. The second-order valence-electron chi connectivity index (χ2n) is 4.44. The fourth-order valence-electron chi connectivity index (χ4n) is 1.60. The third-order valence-corrected chi connectivity index (χ3v) is 3.64. The SMILES string of the molecule is CC(Sc1nc(N)cc(N)n1)C(=O)Nc1ccc(C#N)cc1. The molecular weight excluding hydrogens is 300 g/mol. The van der Waals surface area contributed by atoms with Gasteiger partial charge in [-0.3, -0.25) is 4.79 Å². The number of amides is 1. The van der Waals surface area contributed by atoms with E-state index < -0.39 is 5.25 Å². The third kappa shape index (κ3) is 4.10. The van der Waals surface area contributed by atoms with Crippen LogP contribution < -0.4 is 16.8 Å². The van der Waals surface area contributed by atoms with Crippen molar-refractivity contribution in [3.05, 3.63) is 35.9 Å². The van der Waals surface area contributed by atoms with E-state index in [-0.39, 0.29) is 17.5 Å². The number of hydrogen-bond donors (Lipinski definition) is 3. The van der Waals surface area contributed by atoms with Gasteiger partial charge in [0.15, 0.2) is 5.16 Å². The van der Waals surface area contributed by atoms with Crippen LogP contribution in [0.1, 0.15) is 12.5 Å². The Morgan fingerprint density at radius 3 is 2.41 bits per heavy atom. The molecule has 112 valence electrons. The van der Waals surface area contributed by atoms with Crippen LogP contribution in [0.25, 0.3) is 0 Å². The van der Waals surface area contributed by atoms with E-state index in [0.29, 0.717) is 16.4 Å². The average molecular weight is 314 g/mol. The molecule has 22 heavy (non-hydrogen) atoms. The minimum absolute atomic E-state index is 0.209. The van der Waals surface area contributed by atoms with Crippen molar-refractivity contribution in [1.82, 2.24) is 9.97 Å². The maximum Gasteiger partial charge on any atom is 0.237 e. The van der Waals surface area contributed by atoms with Crippen molar-refractivity contribution >= 4 is 35.0 Å². The van der Waals surface area contributed by atoms with Gasteiger partial charge in [-0.15, -0.1) is 0 Å². The topological polar surface area (TPSA) is 131 Å². The fourth-order valence-corrected chi connectivity index (χ4v) is 2.40. The number of benzene rings is 1. The van der Waals surface area contributed by atoms with E-state index in [9.17, 15) is 4.79 Å². The van der Waals surface area contributed by atoms with E-state index in [1.807, 2.05) is 6.07 Å². The number of nitrogens with zero attached hydrogens (tertiary/aromatic N) is 3. The first-order chi connectivity index (χ1) is 10.5. The lowest BCUT2D eigenvalue weighted by molar-refractivity contribution is -0.115. The molecule has 1 amide bonds. The van der Waals surface area contributed by atoms with Crippen LogP contribution in [0, 0.1) is 11.3 Å². The van der Waals surface area contributed by atoms with Crippen LogP contribution in [-0.2, 0) is 4.79 Å². The minimum atomic E-state index is -0.433. The van der Waals surface area contributed by atoms with E-state index in [1.165, 1.54) is 6.07 Å². The van der Waals surface area contributed by atoms with Crippen molar-refractivity contribution < 1.29 is 4.79 Å². The quantitative estimate of drug-likeness (QED) is 0.577. The van der Waals surface area contributed by atoms with E-state index in [1.54, 1.807) is 31.2 Å². The highest BCUT2D eigenvalue weighted by Gasteiger charge is 2.16. The molecule has 0 radical (unpaired) electrons. The molecule has 8 heteroatoms. The normalized spacial score (nSPS) is 11.5. The molecule has 0 aliphatic heterocycles. The first-order valence-electron chi connectivity index (χ1n) is 6.35. The lowest BCUT2D eigenvalue weighted by Crippen LogP contribution is -2.22. The zero-order chi connectivity index (χ0) is 16.1. The van der Waals surface area contributed by atoms with Crippen molar-refractivity contribution in [2.45, 2.75) is 17.3 Å². The summed E-state index contributed by atoms with van der Waals surface area (Å²) >= 11 is 1.16. The fraction of sp³-hybridized carbons (Fsp3) is 0.143. The number of nitrogen functional groups attached to an aromatic ring is 2. The number of thioether (sulfide) groups is 1. The van der Waals surface area contributed by atoms with E-state index in [4.69, 9.17) is 16.7 Å². The Labute approximate surface area is 131 Å². The third-order valence-electron chi connectivity index (χ3n) is 2.68. The number of rotatable bonds is 4. The van der Waals surface area contributed by atoms with Crippen molar-refractivity contribution in [3.63, 3.8) is 0 Å². The van der Waals surface area contributed by atoms with Gasteiger partial charge in [0.2, 0.25) is 5.91 Å². The summed E-state index contributed by atoms with van der Waals surface area (Å²) in [5, 5.41) is 11.4. The number of nitriles is 1. The molecule has 1 atom stereocenters. The second-order valence-corrected chi connectivity index (χ2v) is 5.75. The summed E-state index contributed by atoms with van der Waals surface area (Å²) in [5.74, 6) is 0.309. The molecule has 2 aromatic rings. The second kappa shape index (κ2) is 6.78. The summed E-state index contributed by atoms with van der Waals surface area (Å²) in [6.45, 7) is 1.73. The van der Waals surface area contributed by atoms with Crippen molar-refractivity contribution in [2.24, 2.45) is 0 Å². The van der Waals surface area contributed by atoms with Crippen LogP contribution in [-0.4, -0.2) is 21.1 Å². The lowest BCUT2D eigenvalue weighted by atomic mass is 10.2. The van der Waals surface area contributed by atoms with Crippen LogP contribution >= 0.6 is 11.8 Å². The molecule has 7 nitrogen and oxygen atoms in total. The smallest absolute Gasteiger partial charge is 0.237 e. The molecule has 0 aliphatic carbocycles. The van der Waals surface area contributed by atoms with Gasteiger partial charge in [0.25, 0.3) is 0 Å². The van der Waals surface area contributed by atoms with E-state index in [2.05, 4.69) is 15.3 Å². The maximum absolute atomic E-state index is 12.1. The van der Waals surface area contributed by atoms with Gasteiger partial charge < -0.3 is 16.8 Å². The summed E-state index contributed by atoms with van der Waals surface area (Å²) in [5.41, 5.74) is 12.3. The van der Waals surface area contributed by atoms with Gasteiger partial charge >= 0.3 is 0 Å².